The summed E-state index contributed by atoms with van der Waals surface area (Å²) in [6, 6.07) is 2.01. The van der Waals surface area contributed by atoms with Gasteiger partial charge in [0, 0.05) is 17.5 Å². The van der Waals surface area contributed by atoms with E-state index >= 15 is 0 Å². The average molecular weight is 345 g/mol. The number of benzene rings is 1. The van der Waals surface area contributed by atoms with Gasteiger partial charge in [-0.05, 0) is 47.0 Å². The lowest BCUT2D eigenvalue weighted by Gasteiger charge is -2.16. The Bertz CT molecular complexity index is 496. The number of hydrogen-bond donors (Lipinski definition) is 4. The number of halogens is 1. The molecule has 0 saturated heterocycles. The van der Waals surface area contributed by atoms with E-state index in [4.69, 9.17) is 10.2 Å². The monoisotopic (exact) mass is 344 g/mol. The van der Waals surface area contributed by atoms with Crippen LogP contribution in [0.15, 0.2) is 16.6 Å². The van der Waals surface area contributed by atoms with Gasteiger partial charge in [-0.25, -0.2) is 9.59 Å². The summed E-state index contributed by atoms with van der Waals surface area (Å²) in [5, 5.41) is 22.6. The van der Waals surface area contributed by atoms with Crippen LogP contribution in [0.25, 0.3) is 0 Å². The van der Waals surface area contributed by atoms with Gasteiger partial charge in [-0.15, -0.1) is 0 Å². The van der Waals surface area contributed by atoms with Crippen molar-refractivity contribution in [2.75, 3.05) is 11.9 Å². The number of carbonyl (C=O) groups excluding carboxylic acids is 1. The largest absolute Gasteiger partial charge is 0.480 e. The SMILES string of the molecule is Cc1cc(C)c(NC(=O)N[C@@H](CCO)C(=O)O)c(Br)c1. The van der Waals surface area contributed by atoms with Crippen LogP contribution in [0.2, 0.25) is 0 Å². The van der Waals surface area contributed by atoms with Crippen LogP contribution < -0.4 is 10.6 Å². The van der Waals surface area contributed by atoms with Gasteiger partial charge in [-0.2, -0.15) is 0 Å². The molecule has 0 unspecified atom stereocenters. The third-order valence-corrected chi connectivity index (χ3v) is 3.32. The van der Waals surface area contributed by atoms with Gasteiger partial charge in [0.05, 0.1) is 5.69 Å². The predicted molar refractivity (Wildman–Crippen MR) is 78.9 cm³/mol. The molecule has 0 heterocycles. The molecule has 20 heavy (non-hydrogen) atoms. The summed E-state index contributed by atoms with van der Waals surface area (Å²) in [7, 11) is 0. The van der Waals surface area contributed by atoms with Crippen LogP contribution in [0.5, 0.6) is 0 Å². The predicted octanol–water partition coefficient (Wildman–Crippen LogP) is 2.02. The lowest BCUT2D eigenvalue weighted by atomic mass is 10.1. The summed E-state index contributed by atoms with van der Waals surface area (Å²) in [5.74, 6) is -1.19. The Morgan fingerprint density at radius 3 is 2.50 bits per heavy atom. The second-order valence-electron chi connectivity index (χ2n) is 4.44. The summed E-state index contributed by atoms with van der Waals surface area (Å²) in [6.45, 7) is 3.46. The van der Waals surface area contributed by atoms with Crippen LogP contribution in [-0.2, 0) is 4.79 Å². The minimum atomic E-state index is -1.19. The lowest BCUT2D eigenvalue weighted by molar-refractivity contribution is -0.139. The number of aliphatic carboxylic acids is 1. The fraction of sp³-hybridized carbons (Fsp3) is 0.385. The molecule has 1 aromatic rings. The number of carbonyl (C=O) groups is 2. The van der Waals surface area contributed by atoms with Crippen molar-refractivity contribution in [2.24, 2.45) is 0 Å². The highest BCUT2D eigenvalue weighted by atomic mass is 79.9. The Balaban J connectivity index is 2.78. The smallest absolute Gasteiger partial charge is 0.326 e. The number of rotatable bonds is 5. The first-order valence-electron chi connectivity index (χ1n) is 6.03. The average Bonchev–Trinajstić information content (AvgIpc) is 2.33. The van der Waals surface area contributed by atoms with Gasteiger partial charge >= 0.3 is 12.0 Å². The maximum absolute atomic E-state index is 11.8. The summed E-state index contributed by atoms with van der Waals surface area (Å²) in [6.07, 6.45) is -0.0448. The molecule has 6 nitrogen and oxygen atoms in total. The topological polar surface area (TPSA) is 98.7 Å². The van der Waals surface area contributed by atoms with Crippen molar-refractivity contribution in [1.29, 1.82) is 0 Å². The molecule has 0 saturated carbocycles. The van der Waals surface area contributed by atoms with Gasteiger partial charge < -0.3 is 20.8 Å². The molecule has 0 radical (unpaired) electrons. The van der Waals surface area contributed by atoms with Crippen molar-refractivity contribution in [2.45, 2.75) is 26.3 Å². The molecule has 110 valence electrons. The Hall–Kier alpha value is -1.60. The second kappa shape index (κ2) is 7.25. The lowest BCUT2D eigenvalue weighted by Crippen LogP contribution is -2.43. The number of anilines is 1. The van der Waals surface area contributed by atoms with Crippen molar-refractivity contribution >= 4 is 33.6 Å². The Morgan fingerprint density at radius 2 is 2.00 bits per heavy atom. The van der Waals surface area contributed by atoms with Crippen LogP contribution in [0.3, 0.4) is 0 Å². The highest BCUT2D eigenvalue weighted by Crippen LogP contribution is 2.27. The molecule has 0 aliphatic heterocycles. The number of aliphatic hydroxyl groups is 1. The van der Waals surface area contributed by atoms with Crippen LogP contribution in [-0.4, -0.2) is 34.9 Å². The molecule has 0 bridgehead atoms. The third-order valence-electron chi connectivity index (χ3n) is 2.69. The summed E-state index contributed by atoms with van der Waals surface area (Å²) in [5.41, 5.74) is 2.49. The Labute approximate surface area is 125 Å². The zero-order chi connectivity index (χ0) is 15.3. The second-order valence-corrected chi connectivity index (χ2v) is 5.29. The first-order chi connectivity index (χ1) is 9.35. The molecule has 4 N–H and O–H groups in total. The normalized spacial score (nSPS) is 11.8. The van der Waals surface area contributed by atoms with E-state index in [9.17, 15) is 9.59 Å². The van der Waals surface area contributed by atoms with E-state index < -0.39 is 18.0 Å². The molecule has 1 aromatic carbocycles. The van der Waals surface area contributed by atoms with E-state index in [-0.39, 0.29) is 13.0 Å². The fourth-order valence-corrected chi connectivity index (χ4v) is 2.54. The fourth-order valence-electron chi connectivity index (χ4n) is 1.77. The number of hydrogen-bond acceptors (Lipinski definition) is 3. The highest BCUT2D eigenvalue weighted by molar-refractivity contribution is 9.10. The van der Waals surface area contributed by atoms with Gasteiger partial charge in [-0.1, -0.05) is 6.07 Å². The molecule has 1 atom stereocenters. The molecule has 1 rings (SSSR count). The van der Waals surface area contributed by atoms with Crippen molar-refractivity contribution in [3.63, 3.8) is 0 Å². The summed E-state index contributed by atoms with van der Waals surface area (Å²) < 4.78 is 0.721. The molecule has 0 aromatic heterocycles. The number of aliphatic hydroxyl groups excluding tert-OH is 1. The molecular formula is C13H17BrN2O4. The first-order valence-corrected chi connectivity index (χ1v) is 6.82. The quantitative estimate of drug-likeness (QED) is 0.656. The van der Waals surface area contributed by atoms with Gasteiger partial charge in [0.15, 0.2) is 0 Å². The van der Waals surface area contributed by atoms with E-state index in [1.807, 2.05) is 26.0 Å². The van der Waals surface area contributed by atoms with Crippen LogP contribution in [0.4, 0.5) is 10.5 Å². The van der Waals surface area contributed by atoms with Gasteiger partial charge in [0.1, 0.15) is 6.04 Å². The van der Waals surface area contributed by atoms with Gasteiger partial charge in [0.2, 0.25) is 0 Å². The third kappa shape index (κ3) is 4.50. The first kappa shape index (κ1) is 16.5. The zero-order valence-electron chi connectivity index (χ0n) is 11.2. The highest BCUT2D eigenvalue weighted by Gasteiger charge is 2.19. The van der Waals surface area contributed by atoms with E-state index in [0.717, 1.165) is 15.6 Å². The summed E-state index contributed by atoms with van der Waals surface area (Å²) >= 11 is 3.35. The van der Waals surface area contributed by atoms with E-state index in [0.29, 0.717) is 5.69 Å². The number of urea groups is 1. The molecule has 0 aliphatic rings. The van der Waals surface area contributed by atoms with Gasteiger partial charge in [0.25, 0.3) is 0 Å². The molecule has 0 fully saturated rings. The van der Waals surface area contributed by atoms with Crippen molar-refractivity contribution in [1.82, 2.24) is 5.32 Å². The maximum atomic E-state index is 11.8. The van der Waals surface area contributed by atoms with Gasteiger partial charge in [-0.3, -0.25) is 0 Å². The standard InChI is InChI=1S/C13H17BrN2O4/c1-7-5-8(2)11(9(14)6-7)16-13(20)15-10(3-4-17)12(18)19/h5-6,10,17H,3-4H2,1-2H3,(H,18,19)(H2,15,16,20)/t10-/m0/s1. The van der Waals surface area contributed by atoms with Crippen LogP contribution >= 0.6 is 15.9 Å². The minimum absolute atomic E-state index is 0.0448. The number of carboxylic acid groups (broad SMARTS) is 1. The Morgan fingerprint density at radius 1 is 1.35 bits per heavy atom. The van der Waals surface area contributed by atoms with Crippen molar-refractivity contribution in [3.05, 3.63) is 27.7 Å². The Kier molecular flexibility index (Phi) is 5.97. The summed E-state index contributed by atoms with van der Waals surface area (Å²) in [4.78, 5) is 22.7. The van der Waals surface area contributed by atoms with Crippen molar-refractivity contribution < 1.29 is 19.8 Å². The van der Waals surface area contributed by atoms with E-state index in [1.54, 1.807) is 0 Å². The minimum Gasteiger partial charge on any atom is -0.480 e. The number of nitrogens with one attached hydrogen (secondary N) is 2. The van der Waals surface area contributed by atoms with Crippen LogP contribution in [0.1, 0.15) is 17.5 Å². The van der Waals surface area contributed by atoms with E-state index in [1.165, 1.54) is 0 Å². The van der Waals surface area contributed by atoms with Crippen LogP contribution in [0, 0.1) is 13.8 Å². The zero-order valence-corrected chi connectivity index (χ0v) is 12.8. The van der Waals surface area contributed by atoms with Crippen molar-refractivity contribution in [3.8, 4) is 0 Å². The number of aryl methyl sites for hydroxylation is 2. The molecule has 0 aliphatic carbocycles. The number of amides is 2. The van der Waals surface area contributed by atoms with E-state index in [2.05, 4.69) is 26.6 Å². The molecule has 7 heteroatoms. The molecular weight excluding hydrogens is 328 g/mol. The maximum Gasteiger partial charge on any atom is 0.326 e. The molecule has 2 amide bonds. The molecule has 0 spiro atoms. The number of carboxylic acids is 1.